The third kappa shape index (κ3) is 5.90. The summed E-state index contributed by atoms with van der Waals surface area (Å²) in [5, 5.41) is 5.24. The first-order valence-electron chi connectivity index (χ1n) is 12.1. The van der Waals surface area contributed by atoms with Crippen molar-refractivity contribution in [1.82, 2.24) is 14.1 Å². The van der Waals surface area contributed by atoms with Crippen LogP contribution in [0.4, 0.5) is 8.78 Å². The first-order chi connectivity index (χ1) is 16.6. The molecule has 0 atom stereocenters. The van der Waals surface area contributed by atoms with Crippen LogP contribution in [0.5, 0.6) is 0 Å². The van der Waals surface area contributed by atoms with E-state index in [2.05, 4.69) is 5.10 Å². The molecule has 2 heterocycles. The number of aromatic nitrogens is 2. The molecule has 190 valence electrons. The van der Waals surface area contributed by atoms with Crippen molar-refractivity contribution >= 4 is 20.9 Å². The van der Waals surface area contributed by atoms with Crippen LogP contribution >= 0.6 is 0 Å². The standard InChI is InChI=1S/C26H33F2N3O3S/c1-19(2)16-30(18-21-6-4-5-7-24(21)26(3,27)28)35(32,33)23-8-9-25-22(14-23)15-29-31(25)17-20-10-12-34-13-11-20/h4-9,14-15,19-20H,10-13,16-18H2,1-3H3. The van der Waals surface area contributed by atoms with Crippen molar-refractivity contribution in [2.24, 2.45) is 11.8 Å². The number of sulfonamides is 1. The molecule has 6 nitrogen and oxygen atoms in total. The average molecular weight is 506 g/mol. The smallest absolute Gasteiger partial charge is 0.270 e. The highest BCUT2D eigenvalue weighted by molar-refractivity contribution is 7.89. The van der Waals surface area contributed by atoms with Crippen molar-refractivity contribution in [2.45, 2.75) is 57.5 Å². The van der Waals surface area contributed by atoms with Crippen molar-refractivity contribution in [2.75, 3.05) is 19.8 Å². The van der Waals surface area contributed by atoms with Gasteiger partial charge in [-0.05, 0) is 48.4 Å². The van der Waals surface area contributed by atoms with Gasteiger partial charge in [0.1, 0.15) is 0 Å². The summed E-state index contributed by atoms with van der Waals surface area (Å²) < 4.78 is 64.5. The average Bonchev–Trinajstić information content (AvgIpc) is 3.20. The molecule has 0 unspecified atom stereocenters. The Morgan fingerprint density at radius 1 is 1.17 bits per heavy atom. The molecule has 0 radical (unpaired) electrons. The molecule has 1 aliphatic heterocycles. The van der Waals surface area contributed by atoms with Crippen LogP contribution in [-0.2, 0) is 33.8 Å². The number of benzene rings is 2. The minimum atomic E-state index is -3.93. The van der Waals surface area contributed by atoms with Gasteiger partial charge in [-0.15, -0.1) is 0 Å². The SMILES string of the molecule is CC(C)CN(Cc1ccccc1C(C)(F)F)S(=O)(=O)c1ccc2c(cnn2CC2CCOCC2)c1. The van der Waals surface area contributed by atoms with E-state index in [9.17, 15) is 17.2 Å². The monoisotopic (exact) mass is 505 g/mol. The van der Waals surface area contributed by atoms with E-state index in [0.717, 1.165) is 50.4 Å². The maximum absolute atomic E-state index is 14.2. The molecule has 1 aromatic heterocycles. The third-order valence-electron chi connectivity index (χ3n) is 6.43. The largest absolute Gasteiger partial charge is 0.381 e. The van der Waals surface area contributed by atoms with Crippen LogP contribution in [0, 0.1) is 11.8 Å². The zero-order valence-corrected chi connectivity index (χ0v) is 21.3. The number of alkyl halides is 2. The summed E-state index contributed by atoms with van der Waals surface area (Å²) in [4.78, 5) is 0.136. The normalized spacial score (nSPS) is 16.0. The van der Waals surface area contributed by atoms with Crippen LogP contribution < -0.4 is 0 Å². The molecule has 0 amide bonds. The summed E-state index contributed by atoms with van der Waals surface area (Å²) >= 11 is 0. The topological polar surface area (TPSA) is 64.4 Å². The van der Waals surface area contributed by atoms with Gasteiger partial charge < -0.3 is 4.74 Å². The summed E-state index contributed by atoms with van der Waals surface area (Å²) in [6.45, 7) is 7.02. The lowest BCUT2D eigenvalue weighted by molar-refractivity contribution is 0.0161. The minimum Gasteiger partial charge on any atom is -0.381 e. The van der Waals surface area contributed by atoms with Gasteiger partial charge >= 0.3 is 0 Å². The Hall–Kier alpha value is -2.36. The second kappa shape index (κ2) is 10.3. The molecule has 0 aliphatic carbocycles. The number of halogens is 2. The molecule has 1 saturated heterocycles. The Bertz CT molecular complexity index is 1260. The van der Waals surface area contributed by atoms with Gasteiger partial charge in [0.2, 0.25) is 10.0 Å². The molecule has 4 rings (SSSR count). The van der Waals surface area contributed by atoms with E-state index in [1.165, 1.54) is 10.4 Å². The van der Waals surface area contributed by atoms with Crippen molar-refractivity contribution in [3.05, 3.63) is 59.8 Å². The van der Waals surface area contributed by atoms with Gasteiger partial charge in [0.15, 0.2) is 0 Å². The van der Waals surface area contributed by atoms with Gasteiger partial charge in [0.25, 0.3) is 5.92 Å². The Labute approximate surface area is 205 Å². The van der Waals surface area contributed by atoms with E-state index in [4.69, 9.17) is 4.74 Å². The number of hydrogen-bond acceptors (Lipinski definition) is 4. The lowest BCUT2D eigenvalue weighted by Gasteiger charge is -2.26. The molecule has 0 saturated carbocycles. The molecular weight excluding hydrogens is 472 g/mol. The van der Waals surface area contributed by atoms with Crippen molar-refractivity contribution < 1.29 is 21.9 Å². The summed E-state index contributed by atoms with van der Waals surface area (Å²) in [6.07, 6.45) is 3.65. The number of hydrogen-bond donors (Lipinski definition) is 0. The van der Waals surface area contributed by atoms with Gasteiger partial charge in [-0.3, -0.25) is 4.68 Å². The van der Waals surface area contributed by atoms with Crippen LogP contribution in [-0.4, -0.2) is 42.3 Å². The number of ether oxygens (including phenoxy) is 1. The first-order valence-corrected chi connectivity index (χ1v) is 13.5. The highest BCUT2D eigenvalue weighted by Crippen LogP contribution is 2.32. The predicted molar refractivity (Wildman–Crippen MR) is 132 cm³/mol. The molecule has 35 heavy (non-hydrogen) atoms. The quantitative estimate of drug-likeness (QED) is 0.390. The van der Waals surface area contributed by atoms with Crippen LogP contribution in [0.3, 0.4) is 0 Å². The molecule has 9 heteroatoms. The summed E-state index contributed by atoms with van der Waals surface area (Å²) in [7, 11) is -3.93. The van der Waals surface area contributed by atoms with Gasteiger partial charge in [-0.25, -0.2) is 17.2 Å². The number of fused-ring (bicyclic) bond motifs is 1. The maximum atomic E-state index is 14.2. The highest BCUT2D eigenvalue weighted by Gasteiger charge is 2.31. The van der Waals surface area contributed by atoms with Gasteiger partial charge in [-0.1, -0.05) is 38.1 Å². The van der Waals surface area contributed by atoms with E-state index >= 15 is 0 Å². The summed E-state index contributed by atoms with van der Waals surface area (Å²) in [5.74, 6) is -2.57. The van der Waals surface area contributed by atoms with Gasteiger partial charge in [0.05, 0.1) is 16.6 Å². The lowest BCUT2D eigenvalue weighted by atomic mass is 10.0. The Morgan fingerprint density at radius 3 is 2.57 bits per heavy atom. The van der Waals surface area contributed by atoms with Crippen LogP contribution in [0.15, 0.2) is 53.6 Å². The highest BCUT2D eigenvalue weighted by atomic mass is 32.2. The first kappa shape index (κ1) is 25.7. The lowest BCUT2D eigenvalue weighted by Crippen LogP contribution is -2.34. The fourth-order valence-electron chi connectivity index (χ4n) is 4.63. The molecule has 1 aliphatic rings. The third-order valence-corrected chi connectivity index (χ3v) is 8.24. The van der Waals surface area contributed by atoms with Crippen molar-refractivity contribution in [3.8, 4) is 0 Å². The molecular formula is C26H33F2N3O3S. The number of nitrogens with zero attached hydrogens (tertiary/aromatic N) is 3. The predicted octanol–water partition coefficient (Wildman–Crippen LogP) is 5.42. The number of rotatable bonds is 9. The molecule has 1 fully saturated rings. The van der Waals surface area contributed by atoms with Crippen LogP contribution in [0.1, 0.15) is 44.7 Å². The van der Waals surface area contributed by atoms with Crippen LogP contribution in [0.2, 0.25) is 0 Å². The van der Waals surface area contributed by atoms with E-state index in [-0.39, 0.29) is 29.5 Å². The fraction of sp³-hybridized carbons (Fsp3) is 0.500. The van der Waals surface area contributed by atoms with Gasteiger partial charge in [-0.2, -0.15) is 9.40 Å². The summed E-state index contributed by atoms with van der Waals surface area (Å²) in [5.41, 5.74) is 1.02. The zero-order valence-electron chi connectivity index (χ0n) is 20.5. The Morgan fingerprint density at radius 2 is 1.89 bits per heavy atom. The molecule has 2 aromatic carbocycles. The molecule has 0 N–H and O–H groups in total. The van der Waals surface area contributed by atoms with Gasteiger partial charge in [0, 0.05) is 50.7 Å². The van der Waals surface area contributed by atoms with E-state index in [0.29, 0.717) is 11.5 Å². The van der Waals surface area contributed by atoms with E-state index in [1.807, 2.05) is 18.5 Å². The minimum absolute atomic E-state index is 0.0185. The molecule has 3 aromatic rings. The second-order valence-corrected chi connectivity index (χ2v) is 11.8. The fourth-order valence-corrected chi connectivity index (χ4v) is 6.24. The Balaban J connectivity index is 1.64. The van der Waals surface area contributed by atoms with Crippen molar-refractivity contribution in [3.63, 3.8) is 0 Å². The van der Waals surface area contributed by atoms with E-state index < -0.39 is 15.9 Å². The van der Waals surface area contributed by atoms with Crippen LogP contribution in [0.25, 0.3) is 10.9 Å². The van der Waals surface area contributed by atoms with Crippen molar-refractivity contribution in [1.29, 1.82) is 0 Å². The molecule has 0 bridgehead atoms. The summed E-state index contributed by atoms with van der Waals surface area (Å²) in [6, 6.07) is 11.1. The Kier molecular flexibility index (Phi) is 7.59. The maximum Gasteiger partial charge on any atom is 0.270 e. The molecule has 0 spiro atoms. The zero-order chi connectivity index (χ0) is 25.2. The second-order valence-electron chi connectivity index (χ2n) is 9.84. The van der Waals surface area contributed by atoms with E-state index in [1.54, 1.807) is 42.6 Å².